The summed E-state index contributed by atoms with van der Waals surface area (Å²) in [6.45, 7) is 5.19. The van der Waals surface area contributed by atoms with Gasteiger partial charge in [-0.2, -0.15) is 0 Å². The average molecular weight is 550 g/mol. The highest BCUT2D eigenvalue weighted by Crippen LogP contribution is 2.25. The van der Waals surface area contributed by atoms with Crippen LogP contribution in [0.15, 0.2) is 40.0 Å². The lowest BCUT2D eigenvalue weighted by atomic mass is 10.2. The third-order valence-corrected chi connectivity index (χ3v) is 6.95. The molecule has 1 aliphatic rings. The quantitative estimate of drug-likeness (QED) is 0.301. The Hall–Kier alpha value is -0.720. The van der Waals surface area contributed by atoms with E-state index in [0.29, 0.717) is 12.1 Å². The van der Waals surface area contributed by atoms with Gasteiger partial charge in [-0.25, -0.2) is 0 Å². The van der Waals surface area contributed by atoms with Crippen molar-refractivity contribution >= 4 is 52.6 Å². The summed E-state index contributed by atoms with van der Waals surface area (Å²) in [5, 5.41) is 11.3. The predicted molar refractivity (Wildman–Crippen MR) is 135 cm³/mol. The van der Waals surface area contributed by atoms with Crippen LogP contribution in [0.1, 0.15) is 21.8 Å². The highest BCUT2D eigenvalue weighted by Gasteiger charge is 2.24. The minimum atomic E-state index is 0. The maximum absolute atomic E-state index is 5.54. The van der Waals surface area contributed by atoms with Crippen LogP contribution in [0.3, 0.4) is 0 Å². The van der Waals surface area contributed by atoms with E-state index in [4.69, 9.17) is 4.74 Å². The summed E-state index contributed by atoms with van der Waals surface area (Å²) in [5.41, 5.74) is 0. The van der Waals surface area contributed by atoms with Crippen LogP contribution in [0.5, 0.6) is 0 Å². The van der Waals surface area contributed by atoms with E-state index in [0.717, 1.165) is 45.4 Å². The van der Waals surface area contributed by atoms with E-state index in [1.165, 1.54) is 9.75 Å². The van der Waals surface area contributed by atoms with Crippen molar-refractivity contribution in [2.45, 2.75) is 12.1 Å². The van der Waals surface area contributed by atoms with Crippen LogP contribution in [0.2, 0.25) is 0 Å². The van der Waals surface area contributed by atoms with Crippen LogP contribution in [-0.2, 0) is 4.74 Å². The summed E-state index contributed by atoms with van der Waals surface area (Å²) in [7, 11) is 6.07. The molecule has 0 aromatic carbocycles. The van der Waals surface area contributed by atoms with Crippen molar-refractivity contribution < 1.29 is 4.74 Å². The smallest absolute Gasteiger partial charge is 0.191 e. The Bertz CT molecular complexity index is 703. The van der Waals surface area contributed by atoms with Gasteiger partial charge in [0.1, 0.15) is 0 Å². The van der Waals surface area contributed by atoms with Crippen LogP contribution in [-0.4, -0.2) is 76.3 Å². The van der Waals surface area contributed by atoms with E-state index in [-0.39, 0.29) is 24.0 Å². The summed E-state index contributed by atoms with van der Waals surface area (Å²) in [6.07, 6.45) is 0. The van der Waals surface area contributed by atoms with Gasteiger partial charge in [-0.1, -0.05) is 12.1 Å². The first kappa shape index (κ1) is 24.5. The number of nitrogens with one attached hydrogen (secondary N) is 2. The zero-order chi connectivity index (χ0) is 19.8. The fourth-order valence-electron chi connectivity index (χ4n) is 3.41. The van der Waals surface area contributed by atoms with Gasteiger partial charge in [0.05, 0.1) is 25.3 Å². The van der Waals surface area contributed by atoms with Gasteiger partial charge in [0.15, 0.2) is 5.96 Å². The summed E-state index contributed by atoms with van der Waals surface area (Å²) in [5.74, 6) is 0.846. The predicted octanol–water partition coefficient (Wildman–Crippen LogP) is 3.27. The van der Waals surface area contributed by atoms with Gasteiger partial charge >= 0.3 is 0 Å². The first-order valence-electron chi connectivity index (χ1n) is 9.68. The number of aliphatic imine (C=N–C) groups is 1. The van der Waals surface area contributed by atoms with Crippen molar-refractivity contribution in [3.8, 4) is 0 Å². The number of morpholine rings is 1. The number of likely N-dealkylation sites (N-methyl/N-ethyl adjacent to an activating group) is 1. The number of nitrogens with zero attached hydrogens (tertiary/aromatic N) is 3. The number of hydrogen-bond acceptors (Lipinski definition) is 6. The fourth-order valence-corrected chi connectivity index (χ4v) is 5.19. The van der Waals surface area contributed by atoms with Crippen LogP contribution in [0, 0.1) is 0 Å². The topological polar surface area (TPSA) is 52.1 Å². The Morgan fingerprint density at radius 1 is 1.10 bits per heavy atom. The second-order valence-electron chi connectivity index (χ2n) is 7.01. The molecule has 2 N–H and O–H groups in total. The molecule has 2 aromatic rings. The number of thiophene rings is 2. The fraction of sp³-hybridized carbons (Fsp3) is 0.550. The molecule has 3 heterocycles. The van der Waals surface area contributed by atoms with Crippen molar-refractivity contribution in [3.05, 3.63) is 44.8 Å². The molecular weight excluding hydrogens is 517 g/mol. The van der Waals surface area contributed by atoms with Crippen molar-refractivity contribution in [2.75, 3.05) is 60.5 Å². The minimum absolute atomic E-state index is 0. The molecule has 162 valence electrons. The van der Waals surface area contributed by atoms with E-state index in [9.17, 15) is 0 Å². The van der Waals surface area contributed by atoms with Gasteiger partial charge in [0, 0.05) is 43.0 Å². The maximum Gasteiger partial charge on any atom is 0.191 e. The van der Waals surface area contributed by atoms with Gasteiger partial charge in [0.25, 0.3) is 0 Å². The monoisotopic (exact) mass is 549 g/mol. The standard InChI is InChI=1S/C20H31N5OS2.HI/c1-21-20(22-14-16(24(2)3)18-6-4-12-27-18)23-15-17(19-7-5-13-28-19)25-8-10-26-11-9-25;/h4-7,12-13,16-17H,8-11,14-15H2,1-3H3,(H2,21,22,23);1H. The van der Waals surface area contributed by atoms with Gasteiger partial charge in [-0.05, 0) is 37.0 Å². The Morgan fingerprint density at radius 3 is 2.28 bits per heavy atom. The highest BCUT2D eigenvalue weighted by molar-refractivity contribution is 14.0. The molecule has 0 bridgehead atoms. The highest BCUT2D eigenvalue weighted by atomic mass is 127. The molecule has 2 unspecified atom stereocenters. The molecule has 0 amide bonds. The molecule has 1 fully saturated rings. The second kappa shape index (κ2) is 12.9. The number of rotatable bonds is 8. The normalized spacial score (nSPS) is 17.6. The first-order chi connectivity index (χ1) is 13.7. The van der Waals surface area contributed by atoms with Crippen LogP contribution in [0.25, 0.3) is 0 Å². The third kappa shape index (κ3) is 7.18. The van der Waals surface area contributed by atoms with Crippen LogP contribution >= 0.6 is 46.7 Å². The number of hydrogen-bond donors (Lipinski definition) is 2. The molecule has 0 saturated carbocycles. The largest absolute Gasteiger partial charge is 0.379 e. The molecule has 0 radical (unpaired) electrons. The van der Waals surface area contributed by atoms with Crippen LogP contribution < -0.4 is 10.6 Å². The molecule has 3 rings (SSSR count). The first-order valence-corrected chi connectivity index (χ1v) is 11.4. The molecule has 2 atom stereocenters. The second-order valence-corrected chi connectivity index (χ2v) is 8.97. The van der Waals surface area contributed by atoms with Crippen molar-refractivity contribution in [1.82, 2.24) is 20.4 Å². The molecule has 1 saturated heterocycles. The van der Waals surface area contributed by atoms with E-state index >= 15 is 0 Å². The third-order valence-electron chi connectivity index (χ3n) is 5.00. The van der Waals surface area contributed by atoms with Crippen molar-refractivity contribution in [2.24, 2.45) is 4.99 Å². The summed E-state index contributed by atoms with van der Waals surface area (Å²) in [4.78, 5) is 11.9. The Kier molecular flexibility index (Phi) is 10.9. The van der Waals surface area contributed by atoms with Gasteiger partial charge in [-0.3, -0.25) is 9.89 Å². The minimum Gasteiger partial charge on any atom is -0.379 e. The number of ether oxygens (including phenoxy) is 1. The van der Waals surface area contributed by atoms with E-state index in [1.54, 1.807) is 11.3 Å². The lowest BCUT2D eigenvalue weighted by Gasteiger charge is -2.34. The lowest BCUT2D eigenvalue weighted by Crippen LogP contribution is -2.47. The lowest BCUT2D eigenvalue weighted by molar-refractivity contribution is 0.0177. The average Bonchev–Trinajstić information content (AvgIpc) is 3.42. The Morgan fingerprint density at radius 2 is 1.72 bits per heavy atom. The molecule has 29 heavy (non-hydrogen) atoms. The zero-order valence-corrected chi connectivity index (χ0v) is 21.3. The summed E-state index contributed by atoms with van der Waals surface area (Å²) >= 11 is 3.61. The summed E-state index contributed by atoms with van der Waals surface area (Å²) < 4.78 is 5.54. The molecular formula is C20H32IN5OS2. The zero-order valence-electron chi connectivity index (χ0n) is 17.3. The van der Waals surface area contributed by atoms with Gasteiger partial charge in [-0.15, -0.1) is 46.7 Å². The van der Waals surface area contributed by atoms with Crippen molar-refractivity contribution in [3.63, 3.8) is 0 Å². The van der Waals surface area contributed by atoms with E-state index in [2.05, 4.69) is 74.5 Å². The summed E-state index contributed by atoms with van der Waals surface area (Å²) in [6, 6.07) is 9.32. The molecule has 6 nitrogen and oxygen atoms in total. The molecule has 2 aromatic heterocycles. The number of halogens is 1. The maximum atomic E-state index is 5.54. The molecule has 9 heteroatoms. The Balaban J connectivity index is 0.00000300. The van der Waals surface area contributed by atoms with Crippen LogP contribution in [0.4, 0.5) is 0 Å². The van der Waals surface area contributed by atoms with Crippen molar-refractivity contribution in [1.29, 1.82) is 0 Å². The van der Waals surface area contributed by atoms with E-state index in [1.807, 2.05) is 18.4 Å². The van der Waals surface area contributed by atoms with E-state index < -0.39 is 0 Å². The molecule has 0 aliphatic carbocycles. The van der Waals surface area contributed by atoms with Gasteiger partial charge < -0.3 is 20.3 Å². The Labute approximate surface area is 199 Å². The molecule has 0 spiro atoms. The molecule has 1 aliphatic heterocycles. The number of guanidine groups is 1. The SMILES string of the molecule is CN=C(NCC(c1cccs1)N(C)C)NCC(c1cccs1)N1CCOCC1.I. The van der Waals surface area contributed by atoms with Gasteiger partial charge in [0.2, 0.25) is 0 Å².